The normalized spacial score (nSPS) is 10.2. The molecule has 0 aliphatic carbocycles. The van der Waals surface area contributed by atoms with Gasteiger partial charge in [0.05, 0.1) is 36.9 Å². The van der Waals surface area contributed by atoms with Crippen LogP contribution in [-0.2, 0) is 0 Å². The van der Waals surface area contributed by atoms with Crippen molar-refractivity contribution in [2.75, 3.05) is 33.4 Å². The van der Waals surface area contributed by atoms with Crippen LogP contribution in [0.3, 0.4) is 0 Å². The molecule has 0 heterocycles. The van der Waals surface area contributed by atoms with Crippen molar-refractivity contribution in [3.63, 3.8) is 0 Å². The summed E-state index contributed by atoms with van der Waals surface area (Å²) in [5.74, 6) is -0.398. The number of non-ortho nitro benzene ring substituents is 1. The molecule has 1 rings (SSSR count). The zero-order chi connectivity index (χ0) is 15.1. The minimum Gasteiger partial charge on any atom is -0.496 e. The van der Waals surface area contributed by atoms with E-state index in [0.717, 1.165) is 6.07 Å². The van der Waals surface area contributed by atoms with Crippen LogP contribution in [0, 0.1) is 10.1 Å². The number of methoxy groups -OCH3 is 1. The van der Waals surface area contributed by atoms with E-state index in [2.05, 4.69) is 0 Å². The lowest BCUT2D eigenvalue weighted by Gasteiger charge is -2.21. The van der Waals surface area contributed by atoms with Crippen LogP contribution < -0.4 is 4.74 Å². The number of nitrogens with zero attached hydrogens (tertiary/aromatic N) is 2. The van der Waals surface area contributed by atoms with Gasteiger partial charge < -0.3 is 19.8 Å². The molecule has 110 valence electrons. The zero-order valence-electron chi connectivity index (χ0n) is 11.0. The Morgan fingerprint density at radius 2 is 1.95 bits per heavy atom. The molecule has 0 fully saturated rings. The lowest BCUT2D eigenvalue weighted by Crippen LogP contribution is -2.36. The predicted molar refractivity (Wildman–Crippen MR) is 69.7 cm³/mol. The second-order valence-electron chi connectivity index (χ2n) is 3.88. The van der Waals surface area contributed by atoms with Crippen LogP contribution in [0.25, 0.3) is 0 Å². The molecular weight excluding hydrogens is 268 g/mol. The highest BCUT2D eigenvalue weighted by Gasteiger charge is 2.21. The monoisotopic (exact) mass is 284 g/mol. The quantitative estimate of drug-likeness (QED) is 0.539. The van der Waals surface area contributed by atoms with Crippen molar-refractivity contribution in [1.82, 2.24) is 4.90 Å². The van der Waals surface area contributed by atoms with E-state index in [4.69, 9.17) is 14.9 Å². The minimum absolute atomic E-state index is 0.0551. The van der Waals surface area contributed by atoms with Crippen LogP contribution >= 0.6 is 0 Å². The zero-order valence-corrected chi connectivity index (χ0v) is 11.0. The molecule has 8 heteroatoms. The fraction of sp³-hybridized carbons (Fsp3) is 0.417. The SMILES string of the molecule is COc1cc([N+](=O)[O-])ccc1C(=O)N(CCO)CCO. The topological polar surface area (TPSA) is 113 Å². The van der Waals surface area contributed by atoms with Gasteiger partial charge in [-0.05, 0) is 6.07 Å². The molecule has 0 aliphatic heterocycles. The molecule has 1 aromatic carbocycles. The fourth-order valence-electron chi connectivity index (χ4n) is 1.70. The second kappa shape index (κ2) is 7.41. The molecule has 0 atom stereocenters. The van der Waals surface area contributed by atoms with Crippen LogP contribution in [0.4, 0.5) is 5.69 Å². The van der Waals surface area contributed by atoms with Crippen molar-refractivity contribution >= 4 is 11.6 Å². The van der Waals surface area contributed by atoms with Gasteiger partial charge in [-0.3, -0.25) is 14.9 Å². The molecule has 0 saturated carbocycles. The number of aliphatic hydroxyl groups is 2. The Balaban J connectivity index is 3.10. The Kier molecular flexibility index (Phi) is 5.88. The molecular formula is C12H16N2O6. The highest BCUT2D eigenvalue weighted by atomic mass is 16.6. The fourth-order valence-corrected chi connectivity index (χ4v) is 1.70. The smallest absolute Gasteiger partial charge is 0.273 e. The first-order valence-corrected chi connectivity index (χ1v) is 5.88. The maximum Gasteiger partial charge on any atom is 0.273 e. The number of nitro groups is 1. The van der Waals surface area contributed by atoms with Crippen molar-refractivity contribution in [3.8, 4) is 5.75 Å². The summed E-state index contributed by atoms with van der Waals surface area (Å²) in [7, 11) is 1.30. The number of rotatable bonds is 7. The number of ether oxygens (including phenoxy) is 1. The number of carbonyl (C=O) groups is 1. The summed E-state index contributed by atoms with van der Waals surface area (Å²) in [6, 6.07) is 3.65. The standard InChI is InChI=1S/C12H16N2O6/c1-20-11-8-9(14(18)19)2-3-10(11)12(17)13(4-6-15)5-7-16/h2-3,8,15-16H,4-7H2,1H3. The lowest BCUT2D eigenvalue weighted by atomic mass is 10.1. The summed E-state index contributed by atoms with van der Waals surface area (Å²) < 4.78 is 4.99. The number of nitro benzene ring substituents is 1. The van der Waals surface area contributed by atoms with Gasteiger partial charge in [-0.1, -0.05) is 0 Å². The van der Waals surface area contributed by atoms with Gasteiger partial charge >= 0.3 is 0 Å². The lowest BCUT2D eigenvalue weighted by molar-refractivity contribution is -0.384. The van der Waals surface area contributed by atoms with Gasteiger partial charge in [0, 0.05) is 19.2 Å². The highest BCUT2D eigenvalue weighted by Crippen LogP contribution is 2.25. The van der Waals surface area contributed by atoms with Crippen molar-refractivity contribution in [2.45, 2.75) is 0 Å². The van der Waals surface area contributed by atoms with Gasteiger partial charge in [-0.25, -0.2) is 0 Å². The Morgan fingerprint density at radius 3 is 2.40 bits per heavy atom. The molecule has 20 heavy (non-hydrogen) atoms. The highest BCUT2D eigenvalue weighted by molar-refractivity contribution is 5.97. The number of carbonyl (C=O) groups excluding carboxylic acids is 1. The Bertz CT molecular complexity index is 485. The van der Waals surface area contributed by atoms with E-state index in [1.54, 1.807) is 0 Å². The molecule has 0 aliphatic rings. The van der Waals surface area contributed by atoms with Crippen molar-refractivity contribution in [3.05, 3.63) is 33.9 Å². The van der Waals surface area contributed by atoms with Gasteiger partial charge in [0.15, 0.2) is 0 Å². The second-order valence-corrected chi connectivity index (χ2v) is 3.88. The first kappa shape index (κ1) is 15.9. The molecule has 0 radical (unpaired) electrons. The summed E-state index contributed by atoms with van der Waals surface area (Å²) in [5, 5.41) is 28.5. The van der Waals surface area contributed by atoms with E-state index < -0.39 is 10.8 Å². The van der Waals surface area contributed by atoms with E-state index in [0.29, 0.717) is 0 Å². The molecule has 0 unspecified atom stereocenters. The van der Waals surface area contributed by atoms with Gasteiger partial charge in [0.25, 0.3) is 11.6 Å². The first-order valence-electron chi connectivity index (χ1n) is 5.88. The Morgan fingerprint density at radius 1 is 1.35 bits per heavy atom. The molecule has 0 spiro atoms. The molecule has 8 nitrogen and oxygen atoms in total. The molecule has 1 aromatic rings. The van der Waals surface area contributed by atoms with Crippen LogP contribution in [0.2, 0.25) is 0 Å². The largest absolute Gasteiger partial charge is 0.496 e. The van der Waals surface area contributed by atoms with Gasteiger partial charge in [0.1, 0.15) is 5.75 Å². The van der Waals surface area contributed by atoms with E-state index in [9.17, 15) is 14.9 Å². The third kappa shape index (κ3) is 3.65. The van der Waals surface area contributed by atoms with Gasteiger partial charge in [0.2, 0.25) is 0 Å². The number of hydrogen-bond donors (Lipinski definition) is 2. The minimum atomic E-state index is -0.587. The third-order valence-corrected chi connectivity index (χ3v) is 2.65. The van der Waals surface area contributed by atoms with E-state index in [1.807, 2.05) is 0 Å². The molecule has 0 bridgehead atoms. The number of aliphatic hydroxyl groups excluding tert-OH is 2. The summed E-state index contributed by atoms with van der Waals surface area (Å²) >= 11 is 0. The first-order chi connectivity index (χ1) is 9.54. The molecule has 0 aromatic heterocycles. The third-order valence-electron chi connectivity index (χ3n) is 2.65. The molecule has 1 amide bonds. The number of hydrogen-bond acceptors (Lipinski definition) is 6. The van der Waals surface area contributed by atoms with Crippen molar-refractivity contribution in [2.24, 2.45) is 0 Å². The number of amides is 1. The van der Waals surface area contributed by atoms with Crippen molar-refractivity contribution in [1.29, 1.82) is 0 Å². The summed E-state index contributed by atoms with van der Waals surface area (Å²) in [6.45, 7) is -0.388. The van der Waals surface area contributed by atoms with Crippen LogP contribution in [0.1, 0.15) is 10.4 Å². The maximum atomic E-state index is 12.2. The van der Waals surface area contributed by atoms with E-state index in [1.165, 1.54) is 24.1 Å². The number of benzene rings is 1. The van der Waals surface area contributed by atoms with E-state index >= 15 is 0 Å². The average Bonchev–Trinajstić information content (AvgIpc) is 2.45. The molecule has 0 saturated heterocycles. The average molecular weight is 284 g/mol. The van der Waals surface area contributed by atoms with Crippen LogP contribution in [0.5, 0.6) is 5.75 Å². The van der Waals surface area contributed by atoms with Crippen molar-refractivity contribution < 1.29 is 24.7 Å². The van der Waals surface area contributed by atoms with Crippen LogP contribution in [0.15, 0.2) is 18.2 Å². The van der Waals surface area contributed by atoms with Crippen LogP contribution in [-0.4, -0.2) is 59.4 Å². The Hall–Kier alpha value is -2.19. The summed E-state index contributed by atoms with van der Waals surface area (Å²) in [6.07, 6.45) is 0. The summed E-state index contributed by atoms with van der Waals surface area (Å²) in [5.41, 5.74) is -0.0470. The summed E-state index contributed by atoms with van der Waals surface area (Å²) in [4.78, 5) is 23.6. The maximum absolute atomic E-state index is 12.2. The predicted octanol–water partition coefficient (Wildman–Crippen LogP) is 0.0302. The Labute approximate surface area is 115 Å². The molecule has 2 N–H and O–H groups in total. The van der Waals surface area contributed by atoms with Gasteiger partial charge in [-0.15, -0.1) is 0 Å². The van der Waals surface area contributed by atoms with E-state index in [-0.39, 0.29) is 43.3 Å². The van der Waals surface area contributed by atoms with Gasteiger partial charge in [-0.2, -0.15) is 0 Å².